The van der Waals surface area contributed by atoms with Crippen LogP contribution >= 0.6 is 22.6 Å². The maximum Gasteiger partial charge on any atom is 0.164 e. The molecule has 0 spiro atoms. The van der Waals surface area contributed by atoms with Crippen LogP contribution < -0.4 is 5.32 Å². The predicted molar refractivity (Wildman–Crippen MR) is 70.1 cm³/mol. The molecule has 2 aromatic rings. The molecule has 0 radical (unpaired) electrons. The first-order chi connectivity index (χ1) is 7.74. The summed E-state index contributed by atoms with van der Waals surface area (Å²) >= 11 is 2.15. The minimum atomic E-state index is 0.296. The molecule has 2 N–H and O–H groups in total. The summed E-state index contributed by atoms with van der Waals surface area (Å²) in [6, 6.07) is 11.1. The minimum absolute atomic E-state index is 0.296. The number of furan rings is 1. The van der Waals surface area contributed by atoms with Crippen LogP contribution in [0, 0.1) is 3.77 Å². The first kappa shape index (κ1) is 11.5. The van der Waals surface area contributed by atoms with Crippen molar-refractivity contribution in [2.75, 3.05) is 0 Å². The highest BCUT2D eigenvalue weighted by molar-refractivity contribution is 14.1. The van der Waals surface area contributed by atoms with E-state index in [1.54, 1.807) is 12.1 Å². The Bertz CT molecular complexity index is 450. The van der Waals surface area contributed by atoms with Gasteiger partial charge in [0.05, 0.1) is 6.54 Å². The zero-order valence-electron chi connectivity index (χ0n) is 8.61. The summed E-state index contributed by atoms with van der Waals surface area (Å²) in [5.41, 5.74) is 1.14. The summed E-state index contributed by atoms with van der Waals surface area (Å²) in [6.45, 7) is 1.47. The Morgan fingerprint density at radius 3 is 2.44 bits per heavy atom. The van der Waals surface area contributed by atoms with Gasteiger partial charge in [0.1, 0.15) is 11.5 Å². The molecule has 1 aromatic carbocycles. The van der Waals surface area contributed by atoms with E-state index < -0.39 is 0 Å². The van der Waals surface area contributed by atoms with E-state index in [2.05, 4.69) is 27.9 Å². The quantitative estimate of drug-likeness (QED) is 0.848. The zero-order chi connectivity index (χ0) is 11.4. The van der Waals surface area contributed by atoms with Crippen molar-refractivity contribution in [3.05, 3.63) is 51.5 Å². The molecule has 0 aliphatic heterocycles. The van der Waals surface area contributed by atoms with E-state index in [0.717, 1.165) is 21.6 Å². The molecular formula is C12H12INO2. The Labute approximate surface area is 108 Å². The third-order valence-corrected chi connectivity index (χ3v) is 2.77. The van der Waals surface area contributed by atoms with Gasteiger partial charge in [-0.1, -0.05) is 12.1 Å². The average molecular weight is 329 g/mol. The Morgan fingerprint density at radius 1 is 1.06 bits per heavy atom. The molecule has 1 aromatic heterocycles. The van der Waals surface area contributed by atoms with Gasteiger partial charge in [-0.25, -0.2) is 0 Å². The fourth-order valence-corrected chi connectivity index (χ4v) is 1.85. The van der Waals surface area contributed by atoms with Gasteiger partial charge in [0.2, 0.25) is 0 Å². The monoisotopic (exact) mass is 329 g/mol. The number of hydrogen-bond donors (Lipinski definition) is 2. The summed E-state index contributed by atoms with van der Waals surface area (Å²) in [5, 5.41) is 12.4. The van der Waals surface area contributed by atoms with Gasteiger partial charge in [0, 0.05) is 6.54 Å². The SMILES string of the molecule is Oc1ccc(CNCc2ccc(I)o2)cc1. The maximum atomic E-state index is 9.13. The second-order valence-corrected chi connectivity index (χ2v) is 4.54. The molecule has 0 bridgehead atoms. The second kappa shape index (κ2) is 5.36. The molecule has 0 unspecified atom stereocenters. The largest absolute Gasteiger partial charge is 0.508 e. The number of halogens is 1. The third-order valence-electron chi connectivity index (χ3n) is 2.19. The van der Waals surface area contributed by atoms with Gasteiger partial charge in [0.15, 0.2) is 3.77 Å². The van der Waals surface area contributed by atoms with Crippen LogP contribution in [-0.4, -0.2) is 5.11 Å². The van der Waals surface area contributed by atoms with Crippen molar-refractivity contribution >= 4 is 22.6 Å². The molecule has 0 fully saturated rings. The van der Waals surface area contributed by atoms with Crippen molar-refractivity contribution in [3.63, 3.8) is 0 Å². The molecule has 0 atom stereocenters. The summed E-state index contributed by atoms with van der Waals surface area (Å²) < 4.78 is 6.33. The van der Waals surface area contributed by atoms with Crippen molar-refractivity contribution in [2.24, 2.45) is 0 Å². The lowest BCUT2D eigenvalue weighted by atomic mass is 10.2. The normalized spacial score (nSPS) is 10.6. The molecule has 0 saturated carbocycles. The predicted octanol–water partition coefficient (Wildman–Crippen LogP) is 2.88. The fourth-order valence-electron chi connectivity index (χ4n) is 1.39. The van der Waals surface area contributed by atoms with E-state index in [1.807, 2.05) is 24.3 Å². The Kier molecular flexibility index (Phi) is 3.84. The molecule has 84 valence electrons. The van der Waals surface area contributed by atoms with Gasteiger partial charge >= 0.3 is 0 Å². The number of benzene rings is 1. The summed E-state index contributed by atoms with van der Waals surface area (Å²) in [7, 11) is 0. The van der Waals surface area contributed by atoms with E-state index in [-0.39, 0.29) is 0 Å². The highest BCUT2D eigenvalue weighted by Crippen LogP contribution is 2.11. The standard InChI is InChI=1S/C12H12INO2/c13-12-6-5-11(16-12)8-14-7-9-1-3-10(15)4-2-9/h1-6,14-15H,7-8H2. The van der Waals surface area contributed by atoms with Crippen molar-refractivity contribution < 1.29 is 9.52 Å². The molecule has 0 saturated heterocycles. The van der Waals surface area contributed by atoms with Crippen molar-refractivity contribution in [1.82, 2.24) is 5.32 Å². The maximum absolute atomic E-state index is 9.13. The van der Waals surface area contributed by atoms with E-state index in [9.17, 15) is 0 Å². The molecule has 16 heavy (non-hydrogen) atoms. The summed E-state index contributed by atoms with van der Waals surface area (Å²) in [5.74, 6) is 1.23. The molecule has 2 rings (SSSR count). The Balaban J connectivity index is 1.82. The smallest absolute Gasteiger partial charge is 0.164 e. The second-order valence-electron chi connectivity index (χ2n) is 3.48. The molecule has 0 aliphatic carbocycles. The van der Waals surface area contributed by atoms with Gasteiger partial charge in [-0.2, -0.15) is 0 Å². The lowest BCUT2D eigenvalue weighted by Gasteiger charge is -2.03. The average Bonchev–Trinajstić information content (AvgIpc) is 2.67. The van der Waals surface area contributed by atoms with Crippen LogP contribution in [0.25, 0.3) is 0 Å². The van der Waals surface area contributed by atoms with E-state index in [0.29, 0.717) is 12.3 Å². The number of rotatable bonds is 4. The lowest BCUT2D eigenvalue weighted by Crippen LogP contribution is -2.11. The molecule has 0 amide bonds. The molecule has 1 heterocycles. The van der Waals surface area contributed by atoms with Crippen LogP contribution in [0.4, 0.5) is 0 Å². The molecule has 0 aliphatic rings. The van der Waals surface area contributed by atoms with Crippen molar-refractivity contribution in [3.8, 4) is 5.75 Å². The van der Waals surface area contributed by atoms with Gasteiger partial charge in [-0.05, 0) is 52.4 Å². The van der Waals surface area contributed by atoms with Crippen LogP contribution in [0.3, 0.4) is 0 Å². The van der Waals surface area contributed by atoms with Gasteiger partial charge < -0.3 is 14.8 Å². The van der Waals surface area contributed by atoms with Gasteiger partial charge in [-0.15, -0.1) is 0 Å². The Morgan fingerprint density at radius 2 is 1.81 bits per heavy atom. The third kappa shape index (κ3) is 3.24. The molecule has 4 heteroatoms. The number of phenols is 1. The first-order valence-electron chi connectivity index (χ1n) is 4.97. The van der Waals surface area contributed by atoms with E-state index in [4.69, 9.17) is 9.52 Å². The van der Waals surface area contributed by atoms with Crippen LogP contribution in [-0.2, 0) is 13.1 Å². The zero-order valence-corrected chi connectivity index (χ0v) is 10.8. The van der Waals surface area contributed by atoms with Crippen molar-refractivity contribution in [2.45, 2.75) is 13.1 Å². The first-order valence-corrected chi connectivity index (χ1v) is 6.05. The fraction of sp³-hybridized carbons (Fsp3) is 0.167. The number of phenolic OH excluding ortho intramolecular Hbond substituents is 1. The van der Waals surface area contributed by atoms with Crippen LogP contribution in [0.15, 0.2) is 40.8 Å². The van der Waals surface area contributed by atoms with Crippen LogP contribution in [0.5, 0.6) is 5.75 Å². The highest BCUT2D eigenvalue weighted by atomic mass is 127. The van der Waals surface area contributed by atoms with Crippen molar-refractivity contribution in [1.29, 1.82) is 0 Å². The Hall–Kier alpha value is -1.01. The van der Waals surface area contributed by atoms with Crippen LogP contribution in [0.2, 0.25) is 0 Å². The van der Waals surface area contributed by atoms with Crippen LogP contribution in [0.1, 0.15) is 11.3 Å². The lowest BCUT2D eigenvalue weighted by molar-refractivity contribution is 0.462. The number of aromatic hydroxyl groups is 1. The number of nitrogens with one attached hydrogen (secondary N) is 1. The summed E-state index contributed by atoms with van der Waals surface area (Å²) in [4.78, 5) is 0. The van der Waals surface area contributed by atoms with Gasteiger partial charge in [-0.3, -0.25) is 0 Å². The highest BCUT2D eigenvalue weighted by Gasteiger charge is 1.99. The molecule has 3 nitrogen and oxygen atoms in total. The van der Waals surface area contributed by atoms with Gasteiger partial charge in [0.25, 0.3) is 0 Å². The molecular weight excluding hydrogens is 317 g/mol. The topological polar surface area (TPSA) is 45.4 Å². The van der Waals surface area contributed by atoms with E-state index in [1.165, 1.54) is 0 Å². The minimum Gasteiger partial charge on any atom is -0.508 e. The summed E-state index contributed by atoms with van der Waals surface area (Å²) in [6.07, 6.45) is 0. The van der Waals surface area contributed by atoms with E-state index >= 15 is 0 Å². The number of hydrogen-bond acceptors (Lipinski definition) is 3.